The number of esters is 1. The van der Waals surface area contributed by atoms with Gasteiger partial charge in [-0.15, -0.1) is 0 Å². The van der Waals surface area contributed by atoms with E-state index in [1.165, 1.54) is 18.9 Å². The van der Waals surface area contributed by atoms with Crippen LogP contribution >= 0.6 is 0 Å². The van der Waals surface area contributed by atoms with Crippen molar-refractivity contribution in [3.8, 4) is 5.75 Å². The smallest absolute Gasteiger partial charge is 0.302 e. The van der Waals surface area contributed by atoms with E-state index < -0.39 is 0 Å². The van der Waals surface area contributed by atoms with Gasteiger partial charge in [0.05, 0.1) is 0 Å². The summed E-state index contributed by atoms with van der Waals surface area (Å²) in [5.74, 6) is 0.975. The van der Waals surface area contributed by atoms with Crippen molar-refractivity contribution in [1.29, 1.82) is 0 Å². The summed E-state index contributed by atoms with van der Waals surface area (Å²) in [7, 11) is 0. The van der Waals surface area contributed by atoms with Gasteiger partial charge in [-0.05, 0) is 42.5 Å². The predicted molar refractivity (Wildman–Crippen MR) is 94.0 cm³/mol. The van der Waals surface area contributed by atoms with Gasteiger partial charge in [0.15, 0.2) is 0 Å². The second-order valence-electron chi connectivity index (χ2n) is 6.38. The molecule has 0 N–H and O–H groups in total. The lowest BCUT2D eigenvalue weighted by molar-refractivity contribution is -0.148. The third-order valence-corrected chi connectivity index (χ3v) is 4.58. The van der Waals surface area contributed by atoms with Crippen molar-refractivity contribution >= 4 is 5.97 Å². The maximum Gasteiger partial charge on any atom is 0.302 e. The highest BCUT2D eigenvalue weighted by molar-refractivity contribution is 5.66. The maximum absolute atomic E-state index is 11.3. The molecule has 2 atom stereocenters. The zero-order valence-corrected chi connectivity index (χ0v) is 14.1. The van der Waals surface area contributed by atoms with Crippen LogP contribution in [-0.4, -0.2) is 12.1 Å². The van der Waals surface area contributed by atoms with Gasteiger partial charge in [0.25, 0.3) is 0 Å². The summed E-state index contributed by atoms with van der Waals surface area (Å²) in [6.07, 6.45) is 4.35. The summed E-state index contributed by atoms with van der Waals surface area (Å²) in [5, 5.41) is 0. The second kappa shape index (κ2) is 8.00. The average molecular weight is 324 g/mol. The van der Waals surface area contributed by atoms with Crippen LogP contribution in [0.5, 0.6) is 5.75 Å². The Morgan fingerprint density at radius 3 is 2.42 bits per heavy atom. The van der Waals surface area contributed by atoms with Crippen LogP contribution < -0.4 is 4.74 Å². The first-order chi connectivity index (χ1) is 11.7. The highest BCUT2D eigenvalue weighted by Crippen LogP contribution is 2.35. The van der Waals surface area contributed by atoms with Crippen LogP contribution in [0, 0.1) is 0 Å². The zero-order valence-electron chi connectivity index (χ0n) is 14.1. The fraction of sp³-hybridized carbons (Fsp3) is 0.381. The first-order valence-electron chi connectivity index (χ1n) is 8.66. The van der Waals surface area contributed by atoms with Crippen molar-refractivity contribution in [1.82, 2.24) is 0 Å². The van der Waals surface area contributed by atoms with Gasteiger partial charge in [0.2, 0.25) is 0 Å². The van der Waals surface area contributed by atoms with Crippen molar-refractivity contribution in [2.24, 2.45) is 0 Å². The molecule has 0 spiro atoms. The quantitative estimate of drug-likeness (QED) is 0.737. The van der Waals surface area contributed by atoms with Crippen LogP contribution in [0.1, 0.15) is 49.7 Å². The molecule has 3 nitrogen and oxygen atoms in total. The zero-order chi connectivity index (χ0) is 16.8. The molecule has 24 heavy (non-hydrogen) atoms. The third-order valence-electron chi connectivity index (χ3n) is 4.58. The minimum Gasteiger partial charge on any atom is -0.489 e. The van der Waals surface area contributed by atoms with Crippen molar-refractivity contribution in [2.45, 2.75) is 51.2 Å². The number of rotatable bonds is 5. The Morgan fingerprint density at radius 2 is 1.71 bits per heavy atom. The number of carbonyl (C=O) groups is 1. The molecule has 3 heteroatoms. The monoisotopic (exact) mass is 324 g/mol. The average Bonchev–Trinajstić information content (AvgIpc) is 2.61. The molecule has 126 valence electrons. The van der Waals surface area contributed by atoms with Crippen LogP contribution in [0.3, 0.4) is 0 Å². The summed E-state index contributed by atoms with van der Waals surface area (Å²) < 4.78 is 11.4. The fourth-order valence-corrected chi connectivity index (χ4v) is 3.38. The molecule has 2 aromatic carbocycles. The topological polar surface area (TPSA) is 35.5 Å². The van der Waals surface area contributed by atoms with Gasteiger partial charge in [0, 0.05) is 12.8 Å². The number of hydrogen-bond donors (Lipinski definition) is 0. The second-order valence-corrected chi connectivity index (χ2v) is 6.38. The third kappa shape index (κ3) is 4.38. The molecule has 0 unspecified atom stereocenters. The molecule has 0 bridgehead atoms. The lowest BCUT2D eigenvalue weighted by atomic mass is 9.81. The molecular formula is C21H24O3. The summed E-state index contributed by atoms with van der Waals surface area (Å²) in [6.45, 7) is 2.06. The van der Waals surface area contributed by atoms with Gasteiger partial charge >= 0.3 is 5.97 Å². The Balaban J connectivity index is 1.63. The van der Waals surface area contributed by atoms with Gasteiger partial charge in [0.1, 0.15) is 18.5 Å². The van der Waals surface area contributed by atoms with E-state index in [1.807, 2.05) is 30.3 Å². The molecule has 0 heterocycles. The molecule has 0 aliphatic heterocycles. The van der Waals surface area contributed by atoms with Crippen molar-refractivity contribution in [3.05, 3.63) is 65.7 Å². The van der Waals surface area contributed by atoms with E-state index in [2.05, 4.69) is 24.3 Å². The number of benzene rings is 2. The van der Waals surface area contributed by atoms with E-state index in [-0.39, 0.29) is 12.1 Å². The molecule has 1 aliphatic carbocycles. The molecule has 1 fully saturated rings. The lowest BCUT2D eigenvalue weighted by Gasteiger charge is -2.31. The van der Waals surface area contributed by atoms with Crippen LogP contribution in [-0.2, 0) is 16.1 Å². The Bertz CT molecular complexity index is 649. The summed E-state index contributed by atoms with van der Waals surface area (Å²) in [4.78, 5) is 11.3. The van der Waals surface area contributed by atoms with Crippen LogP contribution in [0.2, 0.25) is 0 Å². The molecule has 0 amide bonds. The Kier molecular flexibility index (Phi) is 5.52. The molecule has 1 saturated carbocycles. The van der Waals surface area contributed by atoms with Crippen molar-refractivity contribution in [2.75, 3.05) is 0 Å². The highest BCUT2D eigenvalue weighted by Gasteiger charge is 2.28. The van der Waals surface area contributed by atoms with Gasteiger partial charge in [-0.3, -0.25) is 4.79 Å². The molecule has 0 saturated heterocycles. The van der Waals surface area contributed by atoms with Crippen molar-refractivity contribution in [3.63, 3.8) is 0 Å². The fourth-order valence-electron chi connectivity index (χ4n) is 3.38. The molecule has 0 radical (unpaired) electrons. The van der Waals surface area contributed by atoms with Crippen LogP contribution in [0.25, 0.3) is 0 Å². The molecule has 3 rings (SSSR count). The van der Waals surface area contributed by atoms with Crippen LogP contribution in [0.15, 0.2) is 54.6 Å². The minimum atomic E-state index is -0.185. The molecule has 1 aliphatic rings. The lowest BCUT2D eigenvalue weighted by Crippen LogP contribution is -2.27. The standard InChI is InChI=1S/C21H24O3/c1-16(22)24-21-10-6-5-9-20(21)18-11-13-19(14-12-18)23-15-17-7-3-2-4-8-17/h2-4,7-8,11-14,20-21H,5-6,9-10,15H2,1H3/t20-,21+/m1/s1. The largest absolute Gasteiger partial charge is 0.489 e. The van der Waals surface area contributed by atoms with E-state index in [1.54, 1.807) is 0 Å². The Morgan fingerprint density at radius 1 is 1.00 bits per heavy atom. The number of carbonyl (C=O) groups excluding carboxylic acids is 1. The number of hydrogen-bond acceptors (Lipinski definition) is 3. The SMILES string of the molecule is CC(=O)O[C@H]1CCCC[C@@H]1c1ccc(OCc2ccccc2)cc1. The molecule has 2 aromatic rings. The molecule has 0 aromatic heterocycles. The van der Waals surface area contributed by atoms with E-state index >= 15 is 0 Å². The van der Waals surface area contributed by atoms with Gasteiger partial charge < -0.3 is 9.47 Å². The van der Waals surface area contributed by atoms with E-state index in [9.17, 15) is 4.79 Å². The van der Waals surface area contributed by atoms with Gasteiger partial charge in [-0.2, -0.15) is 0 Å². The van der Waals surface area contributed by atoms with Crippen molar-refractivity contribution < 1.29 is 14.3 Å². The molecular weight excluding hydrogens is 300 g/mol. The normalized spacial score (nSPS) is 20.4. The summed E-state index contributed by atoms with van der Waals surface area (Å²) >= 11 is 0. The highest BCUT2D eigenvalue weighted by atomic mass is 16.5. The van der Waals surface area contributed by atoms with E-state index in [4.69, 9.17) is 9.47 Å². The van der Waals surface area contributed by atoms with Crippen LogP contribution in [0.4, 0.5) is 0 Å². The minimum absolute atomic E-state index is 0.00679. The first-order valence-corrected chi connectivity index (χ1v) is 8.66. The number of ether oxygens (including phenoxy) is 2. The maximum atomic E-state index is 11.3. The summed E-state index contributed by atoms with van der Waals surface area (Å²) in [6, 6.07) is 18.4. The predicted octanol–water partition coefficient (Wildman–Crippen LogP) is 4.85. The van der Waals surface area contributed by atoms with E-state index in [0.717, 1.165) is 30.6 Å². The van der Waals surface area contributed by atoms with E-state index in [0.29, 0.717) is 12.5 Å². The van der Waals surface area contributed by atoms with Gasteiger partial charge in [-0.1, -0.05) is 48.9 Å². The van der Waals surface area contributed by atoms with Gasteiger partial charge in [-0.25, -0.2) is 0 Å². The summed E-state index contributed by atoms with van der Waals surface area (Å²) in [5.41, 5.74) is 2.39. The first kappa shape index (κ1) is 16.6. The Labute approximate surface area is 143 Å². The Hall–Kier alpha value is -2.29.